The van der Waals surface area contributed by atoms with Gasteiger partial charge in [0.2, 0.25) is 0 Å². The van der Waals surface area contributed by atoms with E-state index in [9.17, 15) is 9.90 Å². The summed E-state index contributed by atoms with van der Waals surface area (Å²) in [6, 6.07) is 10.3. The van der Waals surface area contributed by atoms with Crippen LogP contribution in [0, 0.1) is 0 Å². The zero-order chi connectivity index (χ0) is 16.9. The first-order valence-corrected chi connectivity index (χ1v) is 8.14. The molecule has 1 aromatic carbocycles. The van der Waals surface area contributed by atoms with Crippen molar-refractivity contribution in [2.45, 2.75) is 6.04 Å². The van der Waals surface area contributed by atoms with E-state index in [4.69, 9.17) is 9.15 Å². The van der Waals surface area contributed by atoms with Crippen LogP contribution in [0.25, 0.3) is 10.6 Å². The Labute approximate surface area is 142 Å². The van der Waals surface area contributed by atoms with Crippen LogP contribution in [-0.2, 0) is 0 Å². The Morgan fingerprint density at radius 2 is 2.17 bits per heavy atom. The molecule has 6 nitrogen and oxygen atoms in total. The summed E-state index contributed by atoms with van der Waals surface area (Å²) in [6.45, 7) is -0.255. The number of aromatic nitrogens is 1. The normalized spacial score (nSPS) is 11.9. The highest BCUT2D eigenvalue weighted by Crippen LogP contribution is 2.26. The zero-order valence-corrected chi connectivity index (χ0v) is 13.7. The zero-order valence-electron chi connectivity index (χ0n) is 12.9. The van der Waals surface area contributed by atoms with Gasteiger partial charge in [-0.2, -0.15) is 0 Å². The molecule has 0 radical (unpaired) electrons. The van der Waals surface area contributed by atoms with Gasteiger partial charge in [0.25, 0.3) is 5.91 Å². The molecule has 3 aromatic rings. The number of aliphatic hydroxyl groups is 1. The van der Waals surface area contributed by atoms with Gasteiger partial charge in [0.15, 0.2) is 0 Å². The minimum absolute atomic E-state index is 0.255. The molecule has 0 saturated heterocycles. The molecule has 1 atom stereocenters. The lowest BCUT2D eigenvalue weighted by Crippen LogP contribution is -2.30. The van der Waals surface area contributed by atoms with Gasteiger partial charge >= 0.3 is 0 Å². The molecule has 0 saturated carbocycles. The quantitative estimate of drug-likeness (QED) is 0.718. The summed E-state index contributed by atoms with van der Waals surface area (Å²) in [6.07, 6.45) is 1.49. The summed E-state index contributed by atoms with van der Waals surface area (Å²) in [4.78, 5) is 16.7. The Morgan fingerprint density at radius 3 is 2.79 bits per heavy atom. The molecule has 0 aliphatic heterocycles. The number of hydrogen-bond acceptors (Lipinski definition) is 6. The monoisotopic (exact) mass is 344 g/mol. The van der Waals surface area contributed by atoms with E-state index in [-0.39, 0.29) is 12.5 Å². The van der Waals surface area contributed by atoms with E-state index >= 15 is 0 Å². The number of benzene rings is 1. The number of nitrogens with one attached hydrogen (secondary N) is 1. The van der Waals surface area contributed by atoms with Crippen molar-refractivity contribution in [2.24, 2.45) is 0 Å². The number of nitrogens with zero attached hydrogens (tertiary/aromatic N) is 1. The average molecular weight is 344 g/mol. The van der Waals surface area contributed by atoms with Gasteiger partial charge in [-0.15, -0.1) is 11.3 Å². The lowest BCUT2D eigenvalue weighted by molar-refractivity contribution is 0.0903. The van der Waals surface area contributed by atoms with E-state index in [1.807, 2.05) is 24.3 Å². The lowest BCUT2D eigenvalue weighted by atomic mass is 10.2. The highest BCUT2D eigenvalue weighted by molar-refractivity contribution is 7.13. The highest BCUT2D eigenvalue weighted by atomic mass is 32.1. The number of aliphatic hydroxyl groups excluding tert-OH is 1. The fourth-order valence-corrected chi connectivity index (χ4v) is 2.98. The maximum absolute atomic E-state index is 12.3. The molecule has 3 rings (SSSR count). The van der Waals surface area contributed by atoms with Gasteiger partial charge in [-0.3, -0.25) is 4.79 Å². The Hall–Kier alpha value is -2.64. The summed E-state index contributed by atoms with van der Waals surface area (Å²) in [5.74, 6) is 0.899. The third-order valence-corrected chi connectivity index (χ3v) is 4.34. The summed E-state index contributed by atoms with van der Waals surface area (Å²) in [7, 11) is 1.61. The Bertz CT molecular complexity index is 796. The molecule has 1 unspecified atom stereocenters. The standard InChI is InChI=1S/C17H16N2O4S/c1-22-12-6-4-11(5-7-12)17-19-14(10-24-17)16(21)18-13(9-20)15-3-2-8-23-15/h2-8,10,13,20H,9H2,1H3,(H,18,21). The van der Waals surface area contributed by atoms with E-state index < -0.39 is 6.04 Å². The fourth-order valence-electron chi connectivity index (χ4n) is 2.17. The molecule has 0 bridgehead atoms. The van der Waals surface area contributed by atoms with Gasteiger partial charge in [-0.1, -0.05) is 0 Å². The number of furan rings is 1. The molecule has 124 valence electrons. The van der Waals surface area contributed by atoms with Crippen LogP contribution >= 0.6 is 11.3 Å². The molecule has 2 heterocycles. The van der Waals surface area contributed by atoms with Crippen molar-refractivity contribution in [3.05, 3.63) is 59.5 Å². The van der Waals surface area contributed by atoms with Crippen molar-refractivity contribution in [1.29, 1.82) is 0 Å². The fraction of sp³-hybridized carbons (Fsp3) is 0.176. The summed E-state index contributed by atoms with van der Waals surface area (Å²) < 4.78 is 10.3. The second-order valence-electron chi connectivity index (χ2n) is 4.99. The number of carbonyl (C=O) groups is 1. The number of rotatable bonds is 6. The second kappa shape index (κ2) is 7.29. The number of ether oxygens (including phenoxy) is 1. The van der Waals surface area contributed by atoms with Gasteiger partial charge in [-0.05, 0) is 36.4 Å². The molecule has 0 aliphatic rings. The Balaban J connectivity index is 1.73. The Kier molecular flexibility index (Phi) is 4.93. The van der Waals surface area contributed by atoms with Crippen LogP contribution in [0.1, 0.15) is 22.3 Å². The number of carbonyl (C=O) groups excluding carboxylic acids is 1. The molecule has 0 aliphatic carbocycles. The van der Waals surface area contributed by atoms with E-state index in [1.54, 1.807) is 24.6 Å². The molecular formula is C17H16N2O4S. The maximum Gasteiger partial charge on any atom is 0.271 e. The average Bonchev–Trinajstić information content (AvgIpc) is 3.31. The second-order valence-corrected chi connectivity index (χ2v) is 5.85. The molecule has 2 aromatic heterocycles. The molecule has 2 N–H and O–H groups in total. The molecule has 7 heteroatoms. The lowest BCUT2D eigenvalue weighted by Gasteiger charge is -2.12. The largest absolute Gasteiger partial charge is 0.497 e. The number of hydrogen-bond donors (Lipinski definition) is 2. The van der Waals surface area contributed by atoms with Crippen LogP contribution in [-0.4, -0.2) is 29.7 Å². The molecule has 24 heavy (non-hydrogen) atoms. The van der Waals surface area contributed by atoms with Crippen LogP contribution in [0.5, 0.6) is 5.75 Å². The molecule has 0 spiro atoms. The number of thiazole rings is 1. The molecule has 1 amide bonds. The third kappa shape index (κ3) is 3.47. The smallest absolute Gasteiger partial charge is 0.271 e. The molecular weight excluding hydrogens is 328 g/mol. The van der Waals surface area contributed by atoms with Gasteiger partial charge in [0.05, 0.1) is 20.0 Å². The van der Waals surface area contributed by atoms with Crippen molar-refractivity contribution in [1.82, 2.24) is 10.3 Å². The minimum Gasteiger partial charge on any atom is -0.497 e. The van der Waals surface area contributed by atoms with Crippen LogP contribution in [0.2, 0.25) is 0 Å². The van der Waals surface area contributed by atoms with Crippen molar-refractivity contribution in [2.75, 3.05) is 13.7 Å². The van der Waals surface area contributed by atoms with E-state index in [0.717, 1.165) is 16.3 Å². The predicted octanol–water partition coefficient (Wildman–Crippen LogP) is 2.88. The first-order chi connectivity index (χ1) is 11.7. The summed E-state index contributed by atoms with van der Waals surface area (Å²) in [5.41, 5.74) is 1.21. The van der Waals surface area contributed by atoms with Crippen LogP contribution in [0.4, 0.5) is 0 Å². The Morgan fingerprint density at radius 1 is 1.38 bits per heavy atom. The van der Waals surface area contributed by atoms with Gasteiger partial charge in [0, 0.05) is 10.9 Å². The first kappa shape index (κ1) is 16.2. The summed E-state index contributed by atoms with van der Waals surface area (Å²) >= 11 is 1.38. The van der Waals surface area contributed by atoms with E-state index in [1.165, 1.54) is 17.6 Å². The third-order valence-electron chi connectivity index (χ3n) is 3.45. The first-order valence-electron chi connectivity index (χ1n) is 7.26. The summed E-state index contributed by atoms with van der Waals surface area (Å²) in [5, 5.41) is 14.6. The van der Waals surface area contributed by atoms with Crippen molar-refractivity contribution >= 4 is 17.2 Å². The van der Waals surface area contributed by atoms with Crippen molar-refractivity contribution in [3.63, 3.8) is 0 Å². The predicted molar refractivity (Wildman–Crippen MR) is 90.1 cm³/mol. The SMILES string of the molecule is COc1ccc(-c2nc(C(=O)NC(CO)c3ccco3)cs2)cc1. The maximum atomic E-state index is 12.3. The van der Waals surface area contributed by atoms with Gasteiger partial charge in [-0.25, -0.2) is 4.98 Å². The molecule has 0 fully saturated rings. The van der Waals surface area contributed by atoms with E-state index in [0.29, 0.717) is 11.5 Å². The van der Waals surface area contributed by atoms with Gasteiger partial charge in [0.1, 0.15) is 28.3 Å². The number of amides is 1. The van der Waals surface area contributed by atoms with E-state index in [2.05, 4.69) is 10.3 Å². The minimum atomic E-state index is -0.598. The highest BCUT2D eigenvalue weighted by Gasteiger charge is 2.19. The van der Waals surface area contributed by atoms with Crippen LogP contribution in [0.3, 0.4) is 0 Å². The van der Waals surface area contributed by atoms with Crippen LogP contribution < -0.4 is 10.1 Å². The van der Waals surface area contributed by atoms with Crippen molar-refractivity contribution in [3.8, 4) is 16.3 Å². The van der Waals surface area contributed by atoms with Crippen LogP contribution in [0.15, 0.2) is 52.5 Å². The van der Waals surface area contributed by atoms with Gasteiger partial charge < -0.3 is 19.6 Å². The number of methoxy groups -OCH3 is 1. The van der Waals surface area contributed by atoms with Crippen molar-refractivity contribution < 1.29 is 19.1 Å². The topological polar surface area (TPSA) is 84.6 Å².